The quantitative estimate of drug-likeness (QED) is 0.603. The first-order valence-electron chi connectivity index (χ1n) is 8.60. The lowest BCUT2D eigenvalue weighted by molar-refractivity contribution is -0.136. The van der Waals surface area contributed by atoms with Gasteiger partial charge in [0.1, 0.15) is 5.00 Å². The van der Waals surface area contributed by atoms with Crippen LogP contribution in [0, 0.1) is 5.92 Å². The molecule has 2 amide bonds. The first-order valence-corrected chi connectivity index (χ1v) is 9.42. The molecule has 0 fully saturated rings. The van der Waals surface area contributed by atoms with Gasteiger partial charge in [-0.2, -0.15) is 0 Å². The van der Waals surface area contributed by atoms with Crippen molar-refractivity contribution >= 4 is 34.1 Å². The molecule has 0 saturated carbocycles. The van der Waals surface area contributed by atoms with Crippen molar-refractivity contribution in [2.45, 2.75) is 52.7 Å². The smallest absolute Gasteiger partial charge is 0.341 e. The maximum absolute atomic E-state index is 12.3. The molecule has 1 aromatic rings. The van der Waals surface area contributed by atoms with Crippen LogP contribution in [0.3, 0.4) is 0 Å². The number of amides is 2. The van der Waals surface area contributed by atoms with Gasteiger partial charge >= 0.3 is 17.8 Å². The summed E-state index contributed by atoms with van der Waals surface area (Å²) in [4.78, 5) is 37.3. The van der Waals surface area contributed by atoms with Gasteiger partial charge < -0.3 is 20.1 Å². The maximum atomic E-state index is 12.3. The Hall–Kier alpha value is -1.93. The molecular weight excluding hydrogens is 356 g/mol. The summed E-state index contributed by atoms with van der Waals surface area (Å²) < 4.78 is 10.6. The number of carbonyl (C=O) groups excluding carboxylic acids is 3. The Morgan fingerprint density at radius 3 is 2.58 bits per heavy atom. The average molecular weight is 382 g/mol. The van der Waals surface area contributed by atoms with E-state index in [1.165, 1.54) is 18.4 Å². The second-order valence-electron chi connectivity index (χ2n) is 7.32. The molecule has 7 nitrogen and oxygen atoms in total. The highest BCUT2D eigenvalue weighted by Gasteiger charge is 2.34. The number of thiophene rings is 1. The molecule has 26 heavy (non-hydrogen) atoms. The number of nitrogens with one attached hydrogen (secondary N) is 2. The Morgan fingerprint density at radius 1 is 1.27 bits per heavy atom. The fraction of sp³-hybridized carbons (Fsp3) is 0.611. The molecule has 0 atom stereocenters. The molecule has 0 aromatic carbocycles. The van der Waals surface area contributed by atoms with Gasteiger partial charge in [-0.1, -0.05) is 13.8 Å². The summed E-state index contributed by atoms with van der Waals surface area (Å²) in [6.07, 6.45) is 1.31. The molecule has 2 rings (SSSR count). The van der Waals surface area contributed by atoms with Gasteiger partial charge in [-0.3, -0.25) is 9.59 Å². The summed E-state index contributed by atoms with van der Waals surface area (Å²) in [6, 6.07) is 0. The van der Waals surface area contributed by atoms with Gasteiger partial charge in [0.05, 0.1) is 24.9 Å². The van der Waals surface area contributed by atoms with Crippen LogP contribution < -0.4 is 10.6 Å². The van der Waals surface area contributed by atoms with E-state index >= 15 is 0 Å². The number of esters is 1. The second-order valence-corrected chi connectivity index (χ2v) is 8.42. The highest BCUT2D eigenvalue weighted by molar-refractivity contribution is 7.17. The highest BCUT2D eigenvalue weighted by atomic mass is 32.1. The third kappa shape index (κ3) is 4.82. The third-order valence-corrected chi connectivity index (χ3v) is 5.24. The van der Waals surface area contributed by atoms with Crippen LogP contribution in [0.1, 0.15) is 54.9 Å². The zero-order valence-electron chi connectivity index (χ0n) is 15.9. The van der Waals surface area contributed by atoms with Gasteiger partial charge in [-0.15, -0.1) is 11.3 Å². The van der Waals surface area contributed by atoms with Crippen molar-refractivity contribution in [3.05, 3.63) is 16.0 Å². The van der Waals surface area contributed by atoms with Gasteiger partial charge in [0.2, 0.25) is 0 Å². The summed E-state index contributed by atoms with van der Waals surface area (Å²) in [5.74, 6) is -1.62. The van der Waals surface area contributed by atoms with Gasteiger partial charge in [0, 0.05) is 17.8 Å². The van der Waals surface area contributed by atoms with Gasteiger partial charge in [0.15, 0.2) is 0 Å². The Kier molecular flexibility index (Phi) is 6.41. The van der Waals surface area contributed by atoms with Crippen LogP contribution in [0.25, 0.3) is 0 Å². The monoisotopic (exact) mass is 382 g/mol. The molecule has 0 aliphatic carbocycles. The summed E-state index contributed by atoms with van der Waals surface area (Å²) in [5, 5.41) is 5.47. The summed E-state index contributed by atoms with van der Waals surface area (Å²) >= 11 is 1.24. The van der Waals surface area contributed by atoms with E-state index in [4.69, 9.17) is 9.47 Å². The van der Waals surface area contributed by atoms with Crippen molar-refractivity contribution in [3.8, 4) is 0 Å². The lowest BCUT2D eigenvalue weighted by Gasteiger charge is -2.30. The minimum absolute atomic E-state index is 0.312. The van der Waals surface area contributed by atoms with Crippen LogP contribution >= 0.6 is 11.3 Å². The van der Waals surface area contributed by atoms with Crippen LogP contribution in [0.15, 0.2) is 0 Å². The molecule has 1 aromatic heterocycles. The number of hydrogen-bond donors (Lipinski definition) is 2. The number of fused-ring (bicyclic) bond motifs is 1. The molecule has 0 unspecified atom stereocenters. The average Bonchev–Trinajstić information content (AvgIpc) is 2.89. The van der Waals surface area contributed by atoms with E-state index in [0.29, 0.717) is 36.1 Å². The van der Waals surface area contributed by atoms with Crippen molar-refractivity contribution in [1.29, 1.82) is 0 Å². The minimum atomic E-state index is -0.794. The zero-order chi connectivity index (χ0) is 19.5. The van der Waals surface area contributed by atoms with Crippen molar-refractivity contribution < 1.29 is 23.9 Å². The van der Waals surface area contributed by atoms with E-state index in [1.54, 1.807) is 0 Å². The topological polar surface area (TPSA) is 93.7 Å². The first kappa shape index (κ1) is 20.4. The summed E-state index contributed by atoms with van der Waals surface area (Å²) in [5.41, 5.74) is 0.715. The van der Waals surface area contributed by atoms with E-state index in [-0.39, 0.29) is 0 Å². The molecule has 2 heterocycles. The van der Waals surface area contributed by atoms with E-state index in [9.17, 15) is 14.4 Å². The lowest BCUT2D eigenvalue weighted by atomic mass is 9.93. The van der Waals surface area contributed by atoms with Crippen LogP contribution in [0.4, 0.5) is 5.00 Å². The number of carbonyl (C=O) groups is 3. The van der Waals surface area contributed by atoms with E-state index in [2.05, 4.69) is 10.6 Å². The molecule has 1 aliphatic heterocycles. The van der Waals surface area contributed by atoms with Crippen LogP contribution in [0.2, 0.25) is 0 Å². The van der Waals surface area contributed by atoms with E-state index in [1.807, 2.05) is 27.7 Å². The predicted octanol–water partition coefficient (Wildman–Crippen LogP) is 2.49. The minimum Gasteiger partial charge on any atom is -0.465 e. The maximum Gasteiger partial charge on any atom is 0.341 e. The highest BCUT2D eigenvalue weighted by Crippen LogP contribution is 2.40. The van der Waals surface area contributed by atoms with Crippen LogP contribution in [-0.2, 0) is 32.1 Å². The zero-order valence-corrected chi connectivity index (χ0v) is 16.7. The molecule has 0 radical (unpaired) electrons. The lowest BCUT2D eigenvalue weighted by Crippen LogP contribution is -2.36. The number of methoxy groups -OCH3 is 1. The molecular formula is C18H26N2O5S. The number of hydrogen-bond acceptors (Lipinski definition) is 6. The summed E-state index contributed by atoms with van der Waals surface area (Å²) in [7, 11) is 1.29. The molecule has 2 N–H and O–H groups in total. The molecule has 0 saturated heterocycles. The molecule has 1 aliphatic rings. The molecule has 8 heteroatoms. The van der Waals surface area contributed by atoms with Gasteiger partial charge in [-0.25, -0.2) is 4.79 Å². The Labute approximate surface area is 157 Å². The van der Waals surface area contributed by atoms with Crippen molar-refractivity contribution in [2.75, 3.05) is 19.0 Å². The van der Waals surface area contributed by atoms with E-state index in [0.717, 1.165) is 16.9 Å². The normalized spacial score (nSPS) is 15.3. The van der Waals surface area contributed by atoms with Gasteiger partial charge in [-0.05, 0) is 31.7 Å². The fourth-order valence-electron chi connectivity index (χ4n) is 2.67. The standard InChI is InChI=1S/C18H26N2O5S/c1-10(2)6-7-19-14(21)15(22)20-16-13(17(23)24-5)11-8-18(3,4)25-9-12(11)26-16/h10H,6-9H2,1-5H3,(H,19,21)(H,20,22). The van der Waals surface area contributed by atoms with Crippen molar-refractivity contribution in [2.24, 2.45) is 5.92 Å². The molecule has 0 spiro atoms. The number of rotatable bonds is 5. The SMILES string of the molecule is COC(=O)c1c(NC(=O)C(=O)NCCC(C)C)sc2c1CC(C)(C)OC2. The number of ether oxygens (including phenoxy) is 2. The van der Waals surface area contributed by atoms with Crippen LogP contribution in [0.5, 0.6) is 0 Å². The Bertz CT molecular complexity index is 709. The molecule has 144 valence electrons. The largest absolute Gasteiger partial charge is 0.465 e. The van der Waals surface area contributed by atoms with Crippen molar-refractivity contribution in [3.63, 3.8) is 0 Å². The third-order valence-electron chi connectivity index (χ3n) is 4.12. The van der Waals surface area contributed by atoms with Gasteiger partial charge in [0.25, 0.3) is 0 Å². The Morgan fingerprint density at radius 2 is 1.96 bits per heavy atom. The van der Waals surface area contributed by atoms with Crippen molar-refractivity contribution in [1.82, 2.24) is 5.32 Å². The number of anilines is 1. The Balaban J connectivity index is 2.19. The van der Waals surface area contributed by atoms with E-state index < -0.39 is 23.4 Å². The summed E-state index contributed by atoms with van der Waals surface area (Å²) in [6.45, 7) is 8.73. The first-order chi connectivity index (χ1) is 12.1. The van der Waals surface area contributed by atoms with Crippen LogP contribution in [-0.4, -0.2) is 37.0 Å². The molecule has 0 bridgehead atoms. The second kappa shape index (κ2) is 8.18. The fourth-order valence-corrected chi connectivity index (χ4v) is 3.79. The predicted molar refractivity (Wildman–Crippen MR) is 99.3 cm³/mol.